The van der Waals surface area contributed by atoms with E-state index in [1.54, 1.807) is 0 Å². The van der Waals surface area contributed by atoms with Crippen LogP contribution in [0, 0.1) is 5.92 Å². The van der Waals surface area contributed by atoms with Crippen LogP contribution in [0.4, 0.5) is 0 Å². The highest BCUT2D eigenvalue weighted by Gasteiger charge is 2.26. The smallest absolute Gasteiger partial charge is 0.224 e. The Bertz CT molecular complexity index is 277. The van der Waals surface area contributed by atoms with Crippen molar-refractivity contribution in [3.05, 3.63) is 0 Å². The fourth-order valence-electron chi connectivity index (χ4n) is 1.86. The van der Waals surface area contributed by atoms with Crippen LogP contribution in [0.25, 0.3) is 0 Å². The van der Waals surface area contributed by atoms with Crippen molar-refractivity contribution in [2.24, 2.45) is 11.7 Å². The Morgan fingerprint density at radius 3 is 2.65 bits per heavy atom. The summed E-state index contributed by atoms with van der Waals surface area (Å²) >= 11 is 0. The summed E-state index contributed by atoms with van der Waals surface area (Å²) in [6.45, 7) is 5.00. The summed E-state index contributed by atoms with van der Waals surface area (Å²) in [5.41, 5.74) is 5.80. The standard InChI is InChI=1S/C12H23N3O2/c1-3-12(13,4-2)8-15-11(17)9-5-6-10(16)14-7-9/h9H,3-8,13H2,1-2H3,(H,14,16)(H,15,17). The minimum Gasteiger partial charge on any atom is -0.355 e. The average molecular weight is 241 g/mol. The molecule has 1 rings (SSSR count). The van der Waals surface area contributed by atoms with Crippen LogP contribution in [0.3, 0.4) is 0 Å². The number of carbonyl (C=O) groups is 2. The molecule has 4 N–H and O–H groups in total. The van der Waals surface area contributed by atoms with Gasteiger partial charge < -0.3 is 16.4 Å². The summed E-state index contributed by atoms with van der Waals surface area (Å²) in [6.07, 6.45) is 2.75. The summed E-state index contributed by atoms with van der Waals surface area (Å²) in [6, 6.07) is 0. The zero-order valence-corrected chi connectivity index (χ0v) is 10.7. The minimum absolute atomic E-state index is 0.00160. The lowest BCUT2D eigenvalue weighted by molar-refractivity contribution is -0.129. The molecule has 1 aliphatic heterocycles. The fraction of sp³-hybridized carbons (Fsp3) is 0.833. The van der Waals surface area contributed by atoms with Gasteiger partial charge in [-0.2, -0.15) is 0 Å². The van der Waals surface area contributed by atoms with Gasteiger partial charge in [-0.15, -0.1) is 0 Å². The van der Waals surface area contributed by atoms with Crippen LogP contribution in [-0.4, -0.2) is 30.4 Å². The molecular weight excluding hydrogens is 218 g/mol. The Labute approximate surface area is 103 Å². The van der Waals surface area contributed by atoms with Crippen LogP contribution in [0.1, 0.15) is 39.5 Å². The molecule has 0 aliphatic carbocycles. The number of hydrogen-bond donors (Lipinski definition) is 3. The summed E-state index contributed by atoms with van der Waals surface area (Å²) in [5.74, 6) is -0.0725. The van der Waals surface area contributed by atoms with E-state index in [0.717, 1.165) is 12.8 Å². The number of rotatable bonds is 5. The van der Waals surface area contributed by atoms with E-state index in [0.29, 0.717) is 25.9 Å². The van der Waals surface area contributed by atoms with Gasteiger partial charge in [-0.05, 0) is 19.3 Å². The Balaban J connectivity index is 2.37. The number of carbonyl (C=O) groups excluding carboxylic acids is 2. The average Bonchev–Trinajstić information content (AvgIpc) is 2.36. The number of hydrogen-bond acceptors (Lipinski definition) is 3. The van der Waals surface area contributed by atoms with Crippen molar-refractivity contribution in [2.45, 2.75) is 45.1 Å². The first-order chi connectivity index (χ1) is 8.00. The van der Waals surface area contributed by atoms with Gasteiger partial charge in [0.1, 0.15) is 0 Å². The maximum absolute atomic E-state index is 11.9. The molecule has 1 fully saturated rings. The first-order valence-electron chi connectivity index (χ1n) is 6.34. The quantitative estimate of drug-likeness (QED) is 0.640. The van der Waals surface area contributed by atoms with Crippen molar-refractivity contribution in [3.63, 3.8) is 0 Å². The Kier molecular flexibility index (Phi) is 4.93. The van der Waals surface area contributed by atoms with Gasteiger partial charge in [0.25, 0.3) is 0 Å². The molecule has 1 aliphatic rings. The highest BCUT2D eigenvalue weighted by atomic mass is 16.2. The molecule has 1 heterocycles. The first-order valence-corrected chi connectivity index (χ1v) is 6.34. The molecule has 1 atom stereocenters. The van der Waals surface area contributed by atoms with Gasteiger partial charge >= 0.3 is 0 Å². The molecule has 0 saturated carbocycles. The summed E-state index contributed by atoms with van der Waals surface area (Å²) < 4.78 is 0. The number of piperidine rings is 1. The molecule has 0 aromatic heterocycles. The van der Waals surface area contributed by atoms with E-state index in [-0.39, 0.29) is 23.3 Å². The van der Waals surface area contributed by atoms with Crippen LogP contribution in [0.5, 0.6) is 0 Å². The van der Waals surface area contributed by atoms with E-state index < -0.39 is 0 Å². The molecule has 0 bridgehead atoms. The second kappa shape index (κ2) is 6.00. The van der Waals surface area contributed by atoms with E-state index in [1.165, 1.54) is 0 Å². The van der Waals surface area contributed by atoms with Crippen LogP contribution in [0.2, 0.25) is 0 Å². The molecule has 1 saturated heterocycles. The lowest BCUT2D eigenvalue weighted by atomic mass is 9.93. The lowest BCUT2D eigenvalue weighted by Crippen LogP contribution is -2.52. The van der Waals surface area contributed by atoms with E-state index in [9.17, 15) is 9.59 Å². The largest absolute Gasteiger partial charge is 0.355 e. The van der Waals surface area contributed by atoms with Crippen LogP contribution < -0.4 is 16.4 Å². The topological polar surface area (TPSA) is 84.2 Å². The summed E-state index contributed by atoms with van der Waals surface area (Å²) in [7, 11) is 0. The third kappa shape index (κ3) is 4.00. The first kappa shape index (κ1) is 14.0. The maximum Gasteiger partial charge on any atom is 0.224 e. The van der Waals surface area contributed by atoms with Gasteiger partial charge in [0.15, 0.2) is 0 Å². The monoisotopic (exact) mass is 241 g/mol. The maximum atomic E-state index is 11.9. The summed E-state index contributed by atoms with van der Waals surface area (Å²) in [4.78, 5) is 22.8. The van der Waals surface area contributed by atoms with Crippen LogP contribution in [0.15, 0.2) is 0 Å². The third-order valence-corrected chi connectivity index (χ3v) is 3.66. The second-order valence-electron chi connectivity index (χ2n) is 4.83. The van der Waals surface area contributed by atoms with Crippen molar-refractivity contribution in [1.82, 2.24) is 10.6 Å². The van der Waals surface area contributed by atoms with Gasteiger partial charge in [-0.1, -0.05) is 13.8 Å². The number of nitrogens with one attached hydrogen (secondary N) is 2. The summed E-state index contributed by atoms with van der Waals surface area (Å²) in [5, 5.41) is 5.60. The van der Waals surface area contributed by atoms with E-state index in [2.05, 4.69) is 10.6 Å². The Hall–Kier alpha value is -1.10. The lowest BCUT2D eigenvalue weighted by Gasteiger charge is -2.29. The Morgan fingerprint density at radius 2 is 2.18 bits per heavy atom. The van der Waals surface area contributed by atoms with E-state index >= 15 is 0 Å². The zero-order valence-electron chi connectivity index (χ0n) is 10.7. The molecule has 0 aromatic carbocycles. The molecule has 17 heavy (non-hydrogen) atoms. The highest BCUT2D eigenvalue weighted by Crippen LogP contribution is 2.13. The molecule has 0 radical (unpaired) electrons. The minimum atomic E-state index is -0.312. The molecule has 2 amide bonds. The molecule has 98 valence electrons. The molecule has 5 nitrogen and oxygen atoms in total. The number of nitrogens with two attached hydrogens (primary N) is 1. The predicted molar refractivity (Wildman–Crippen MR) is 66.2 cm³/mol. The fourth-order valence-corrected chi connectivity index (χ4v) is 1.86. The van der Waals surface area contributed by atoms with Gasteiger partial charge in [-0.25, -0.2) is 0 Å². The van der Waals surface area contributed by atoms with Gasteiger partial charge in [0.05, 0.1) is 5.92 Å². The second-order valence-corrected chi connectivity index (χ2v) is 4.83. The number of amides is 2. The third-order valence-electron chi connectivity index (χ3n) is 3.66. The van der Waals surface area contributed by atoms with Crippen molar-refractivity contribution < 1.29 is 9.59 Å². The molecule has 5 heteroatoms. The van der Waals surface area contributed by atoms with E-state index in [4.69, 9.17) is 5.73 Å². The molecular formula is C12H23N3O2. The molecule has 1 unspecified atom stereocenters. The van der Waals surface area contributed by atoms with Crippen molar-refractivity contribution in [2.75, 3.05) is 13.1 Å². The predicted octanol–water partition coefficient (Wildman–Crippen LogP) is 0.146. The van der Waals surface area contributed by atoms with Gasteiger partial charge in [0, 0.05) is 25.0 Å². The van der Waals surface area contributed by atoms with Gasteiger partial charge in [-0.3, -0.25) is 9.59 Å². The van der Waals surface area contributed by atoms with Crippen molar-refractivity contribution in [1.29, 1.82) is 0 Å². The van der Waals surface area contributed by atoms with Crippen LogP contribution in [-0.2, 0) is 9.59 Å². The molecule has 0 aromatic rings. The van der Waals surface area contributed by atoms with Crippen LogP contribution >= 0.6 is 0 Å². The highest BCUT2D eigenvalue weighted by molar-refractivity contribution is 5.83. The Morgan fingerprint density at radius 1 is 1.53 bits per heavy atom. The van der Waals surface area contributed by atoms with Crippen molar-refractivity contribution in [3.8, 4) is 0 Å². The molecule has 0 spiro atoms. The SMILES string of the molecule is CCC(N)(CC)CNC(=O)C1CCC(=O)NC1. The van der Waals surface area contributed by atoms with Crippen molar-refractivity contribution >= 4 is 11.8 Å². The zero-order chi connectivity index (χ0) is 12.9. The van der Waals surface area contributed by atoms with Gasteiger partial charge in [0.2, 0.25) is 11.8 Å². The van der Waals surface area contributed by atoms with E-state index in [1.807, 2.05) is 13.8 Å². The normalized spacial score (nSPS) is 20.9.